The number of nitrogens with zero attached hydrogens (tertiary/aromatic N) is 1. The van der Waals surface area contributed by atoms with Crippen molar-refractivity contribution in [2.24, 2.45) is 0 Å². The monoisotopic (exact) mass is 229 g/mol. The molecular weight excluding hydrogens is 198 g/mol. The lowest BCUT2D eigenvalue weighted by molar-refractivity contribution is 0.461. The lowest BCUT2D eigenvalue weighted by atomic mass is 10.2. The SMILES string of the molecule is CCCCCCC[Si](C)(C)N(CC)CC. The predicted molar refractivity (Wildman–Crippen MR) is 74.0 cm³/mol. The van der Waals surface area contributed by atoms with Gasteiger partial charge in [-0.1, -0.05) is 66.0 Å². The normalized spacial score (nSPS) is 12.4. The van der Waals surface area contributed by atoms with Crippen LogP contribution in [0.4, 0.5) is 0 Å². The molecule has 0 atom stereocenters. The van der Waals surface area contributed by atoms with Gasteiger partial charge >= 0.3 is 0 Å². The molecule has 0 heterocycles. The molecule has 0 aromatic rings. The van der Waals surface area contributed by atoms with Crippen LogP contribution in [0.15, 0.2) is 0 Å². The topological polar surface area (TPSA) is 3.24 Å². The first-order valence-corrected chi connectivity index (χ1v) is 9.99. The fourth-order valence-corrected chi connectivity index (χ4v) is 5.54. The Balaban J connectivity index is 3.72. The molecule has 0 N–H and O–H groups in total. The molecule has 0 aliphatic carbocycles. The van der Waals surface area contributed by atoms with E-state index in [9.17, 15) is 0 Å². The maximum atomic E-state index is 2.72. The number of unbranched alkanes of at least 4 members (excludes halogenated alkanes) is 4. The first kappa shape index (κ1) is 15.2. The minimum Gasteiger partial charge on any atom is -0.324 e. The molecular formula is C13H31NSi. The van der Waals surface area contributed by atoms with Gasteiger partial charge in [-0.25, -0.2) is 0 Å². The van der Waals surface area contributed by atoms with Gasteiger partial charge < -0.3 is 4.57 Å². The lowest BCUT2D eigenvalue weighted by Gasteiger charge is -2.35. The highest BCUT2D eigenvalue weighted by Crippen LogP contribution is 2.19. The third-order valence-corrected chi connectivity index (χ3v) is 7.43. The van der Waals surface area contributed by atoms with Gasteiger partial charge in [0.05, 0.1) is 0 Å². The number of rotatable bonds is 9. The van der Waals surface area contributed by atoms with Crippen LogP contribution >= 0.6 is 0 Å². The lowest BCUT2D eigenvalue weighted by Crippen LogP contribution is -2.48. The highest BCUT2D eigenvalue weighted by Gasteiger charge is 2.26. The van der Waals surface area contributed by atoms with Crippen molar-refractivity contribution in [2.45, 2.75) is 72.0 Å². The van der Waals surface area contributed by atoms with Crippen molar-refractivity contribution in [2.75, 3.05) is 13.1 Å². The van der Waals surface area contributed by atoms with E-state index in [1.165, 1.54) is 51.2 Å². The van der Waals surface area contributed by atoms with Crippen molar-refractivity contribution in [1.29, 1.82) is 0 Å². The van der Waals surface area contributed by atoms with Crippen LogP contribution < -0.4 is 0 Å². The van der Waals surface area contributed by atoms with Gasteiger partial charge in [-0.15, -0.1) is 0 Å². The van der Waals surface area contributed by atoms with Gasteiger partial charge in [-0.3, -0.25) is 0 Å². The Morgan fingerprint density at radius 3 is 1.80 bits per heavy atom. The molecule has 0 saturated heterocycles. The molecule has 0 aliphatic heterocycles. The molecule has 0 unspecified atom stereocenters. The van der Waals surface area contributed by atoms with E-state index in [2.05, 4.69) is 38.4 Å². The van der Waals surface area contributed by atoms with Gasteiger partial charge in [-0.05, 0) is 19.1 Å². The molecule has 2 heteroatoms. The van der Waals surface area contributed by atoms with E-state index in [4.69, 9.17) is 0 Å². The van der Waals surface area contributed by atoms with Crippen LogP contribution in [0.2, 0.25) is 19.1 Å². The number of hydrogen-bond acceptors (Lipinski definition) is 1. The zero-order valence-electron chi connectivity index (χ0n) is 11.6. The Morgan fingerprint density at radius 2 is 1.33 bits per heavy atom. The molecule has 15 heavy (non-hydrogen) atoms. The summed E-state index contributed by atoms with van der Waals surface area (Å²) in [5, 5.41) is 0. The summed E-state index contributed by atoms with van der Waals surface area (Å²) >= 11 is 0. The highest BCUT2D eigenvalue weighted by molar-refractivity contribution is 6.74. The summed E-state index contributed by atoms with van der Waals surface area (Å²) in [6.07, 6.45) is 7.13. The first-order valence-electron chi connectivity index (χ1n) is 6.83. The summed E-state index contributed by atoms with van der Waals surface area (Å²) in [6, 6.07) is 1.48. The molecule has 0 fully saturated rings. The van der Waals surface area contributed by atoms with Gasteiger partial charge in [0, 0.05) is 0 Å². The van der Waals surface area contributed by atoms with E-state index in [1.807, 2.05) is 0 Å². The second kappa shape index (κ2) is 8.34. The van der Waals surface area contributed by atoms with Gasteiger partial charge in [0.1, 0.15) is 8.24 Å². The smallest absolute Gasteiger partial charge is 0.122 e. The summed E-state index contributed by atoms with van der Waals surface area (Å²) in [6.45, 7) is 14.4. The summed E-state index contributed by atoms with van der Waals surface area (Å²) in [4.78, 5) is 0. The van der Waals surface area contributed by atoms with Gasteiger partial charge in [0.2, 0.25) is 0 Å². The van der Waals surface area contributed by atoms with Crippen LogP contribution in [0, 0.1) is 0 Å². The van der Waals surface area contributed by atoms with E-state index in [-0.39, 0.29) is 0 Å². The largest absolute Gasteiger partial charge is 0.324 e. The van der Waals surface area contributed by atoms with Crippen molar-refractivity contribution in [3.05, 3.63) is 0 Å². The quantitative estimate of drug-likeness (QED) is 0.415. The van der Waals surface area contributed by atoms with E-state index in [1.54, 1.807) is 0 Å². The Hall–Kier alpha value is 0.177. The zero-order valence-corrected chi connectivity index (χ0v) is 12.6. The molecule has 0 aromatic carbocycles. The standard InChI is InChI=1S/C13H31NSi/c1-6-9-10-11-12-13-15(4,5)14(7-2)8-3/h6-13H2,1-5H3. The van der Waals surface area contributed by atoms with Crippen LogP contribution in [0.3, 0.4) is 0 Å². The van der Waals surface area contributed by atoms with E-state index < -0.39 is 8.24 Å². The van der Waals surface area contributed by atoms with Crippen LogP contribution in [0.25, 0.3) is 0 Å². The summed E-state index contributed by atoms with van der Waals surface area (Å²) in [5.74, 6) is 0. The third kappa shape index (κ3) is 6.36. The van der Waals surface area contributed by atoms with E-state index >= 15 is 0 Å². The minimum absolute atomic E-state index is 1.06. The molecule has 0 radical (unpaired) electrons. The minimum atomic E-state index is -1.06. The Kier molecular flexibility index (Phi) is 8.44. The molecule has 0 spiro atoms. The molecule has 0 aromatic heterocycles. The van der Waals surface area contributed by atoms with Gasteiger partial charge in [0.25, 0.3) is 0 Å². The van der Waals surface area contributed by atoms with E-state index in [0.717, 1.165) is 0 Å². The molecule has 0 bridgehead atoms. The van der Waals surface area contributed by atoms with Crippen LogP contribution in [-0.4, -0.2) is 25.9 Å². The first-order chi connectivity index (χ1) is 7.08. The average Bonchev–Trinajstić information content (AvgIpc) is 2.18. The molecule has 1 nitrogen and oxygen atoms in total. The molecule has 0 rings (SSSR count). The molecule has 0 aliphatic rings. The fourth-order valence-electron chi connectivity index (χ4n) is 2.40. The van der Waals surface area contributed by atoms with Crippen molar-refractivity contribution in [3.63, 3.8) is 0 Å². The maximum Gasteiger partial charge on any atom is 0.122 e. The van der Waals surface area contributed by atoms with Crippen molar-refractivity contribution >= 4 is 8.24 Å². The molecule has 0 saturated carbocycles. The van der Waals surface area contributed by atoms with Crippen molar-refractivity contribution < 1.29 is 0 Å². The highest BCUT2D eigenvalue weighted by atomic mass is 28.3. The third-order valence-electron chi connectivity index (χ3n) is 3.51. The average molecular weight is 229 g/mol. The van der Waals surface area contributed by atoms with Crippen LogP contribution in [-0.2, 0) is 0 Å². The van der Waals surface area contributed by atoms with Gasteiger partial charge in [0.15, 0.2) is 0 Å². The Labute approximate surface area is 98.3 Å². The number of hydrogen-bond donors (Lipinski definition) is 0. The Morgan fingerprint density at radius 1 is 0.800 bits per heavy atom. The molecule has 92 valence electrons. The fraction of sp³-hybridized carbons (Fsp3) is 1.00. The second-order valence-electron chi connectivity index (χ2n) is 5.15. The Bertz CT molecular complexity index is 141. The second-order valence-corrected chi connectivity index (χ2v) is 9.91. The van der Waals surface area contributed by atoms with Crippen molar-refractivity contribution in [1.82, 2.24) is 4.57 Å². The zero-order chi connectivity index (χ0) is 11.7. The predicted octanol–water partition coefficient (Wildman–Crippen LogP) is 4.50. The van der Waals surface area contributed by atoms with E-state index in [0.29, 0.717) is 0 Å². The summed E-state index contributed by atoms with van der Waals surface area (Å²) in [5.41, 5.74) is 0. The molecule has 0 amide bonds. The van der Waals surface area contributed by atoms with Crippen LogP contribution in [0.5, 0.6) is 0 Å². The summed E-state index contributed by atoms with van der Waals surface area (Å²) < 4.78 is 2.72. The van der Waals surface area contributed by atoms with Crippen molar-refractivity contribution in [3.8, 4) is 0 Å². The van der Waals surface area contributed by atoms with Crippen LogP contribution in [0.1, 0.15) is 52.9 Å². The van der Waals surface area contributed by atoms with Gasteiger partial charge in [-0.2, -0.15) is 0 Å². The summed E-state index contributed by atoms with van der Waals surface area (Å²) in [7, 11) is -1.06. The maximum absolute atomic E-state index is 2.72.